The summed E-state index contributed by atoms with van der Waals surface area (Å²) in [6, 6.07) is 6.28. The van der Waals surface area contributed by atoms with Crippen LogP contribution in [-0.2, 0) is 0 Å². The lowest BCUT2D eigenvalue weighted by Crippen LogP contribution is -2.40. The number of halogens is 1. The van der Waals surface area contributed by atoms with E-state index in [-0.39, 0.29) is 5.41 Å². The molecule has 0 fully saturated rings. The number of hydrogen-bond acceptors (Lipinski definition) is 6. The lowest BCUT2D eigenvalue weighted by molar-refractivity contribution is 0.280. The molecule has 1 aliphatic heterocycles. The number of ether oxygens (including phenoxy) is 1. The van der Waals surface area contributed by atoms with E-state index in [1.165, 1.54) is 0 Å². The number of aliphatic imine (C=N–C) groups is 1. The summed E-state index contributed by atoms with van der Waals surface area (Å²) < 4.78 is 6.35. The third-order valence-corrected chi connectivity index (χ3v) is 6.05. The number of nitrogens with one attached hydrogen (secondary N) is 2. The van der Waals surface area contributed by atoms with Crippen molar-refractivity contribution in [2.75, 3.05) is 19.0 Å². The Kier molecular flexibility index (Phi) is 8.49. The van der Waals surface area contributed by atoms with Crippen LogP contribution in [0, 0.1) is 11.3 Å². The number of thiazole rings is 1. The van der Waals surface area contributed by atoms with E-state index in [0.717, 1.165) is 39.9 Å². The van der Waals surface area contributed by atoms with Crippen LogP contribution in [0.1, 0.15) is 48.0 Å². The highest BCUT2D eigenvalue weighted by atomic mass is 35.5. The fraction of sp³-hybridized carbons (Fsp3) is 0.545. The highest BCUT2D eigenvalue weighted by Gasteiger charge is 2.22. The predicted octanol–water partition coefficient (Wildman–Crippen LogP) is 6.27. The fourth-order valence-corrected chi connectivity index (χ4v) is 3.93. The van der Waals surface area contributed by atoms with Crippen LogP contribution in [0.25, 0.3) is 10.2 Å². The Morgan fingerprint density at radius 2 is 2.03 bits per heavy atom. The standard InChI is InChI=1S/C20H27ClN4OS.C2H6/c1-12(20(2,3)4)22-11-13-8-17(21)24-18(9-13)25-19-23-15-7-6-14(26-5)10-16(15)27-19;1-2/h6-7,9-10,12-13,22H,8,11H2,1-5H3,(H,23,25);1-2H3/t12-,13?;/m0./s1. The molecule has 0 bridgehead atoms. The van der Waals surface area contributed by atoms with Crippen LogP contribution >= 0.6 is 22.9 Å². The first-order chi connectivity index (χ1) is 13.7. The maximum absolute atomic E-state index is 6.30. The second kappa shape index (κ2) is 10.4. The van der Waals surface area contributed by atoms with Gasteiger partial charge in [-0.25, -0.2) is 9.98 Å². The van der Waals surface area contributed by atoms with Gasteiger partial charge in [-0.1, -0.05) is 57.6 Å². The minimum absolute atomic E-state index is 0.222. The van der Waals surface area contributed by atoms with Gasteiger partial charge in [0.2, 0.25) is 0 Å². The molecule has 0 radical (unpaired) electrons. The molecule has 1 aliphatic rings. The summed E-state index contributed by atoms with van der Waals surface area (Å²) in [4.78, 5) is 9.08. The van der Waals surface area contributed by atoms with E-state index < -0.39 is 0 Å². The van der Waals surface area contributed by atoms with Crippen LogP contribution in [0.15, 0.2) is 35.1 Å². The number of anilines is 1. The van der Waals surface area contributed by atoms with Crippen LogP contribution in [0.4, 0.5) is 5.13 Å². The third kappa shape index (κ3) is 6.69. The Bertz CT molecular complexity index is 869. The Hall–Kier alpha value is -1.63. The van der Waals surface area contributed by atoms with Crippen molar-refractivity contribution in [1.29, 1.82) is 0 Å². The lowest BCUT2D eigenvalue weighted by Gasteiger charge is -2.30. The molecule has 1 unspecified atom stereocenters. The summed E-state index contributed by atoms with van der Waals surface area (Å²) in [6.45, 7) is 13.8. The van der Waals surface area contributed by atoms with Gasteiger partial charge in [0, 0.05) is 19.0 Å². The molecule has 160 valence electrons. The monoisotopic (exact) mass is 436 g/mol. The first-order valence-corrected chi connectivity index (χ1v) is 11.3. The van der Waals surface area contributed by atoms with E-state index in [1.54, 1.807) is 18.4 Å². The van der Waals surface area contributed by atoms with Crippen molar-refractivity contribution in [3.63, 3.8) is 0 Å². The van der Waals surface area contributed by atoms with Gasteiger partial charge in [-0.05, 0) is 42.5 Å². The van der Waals surface area contributed by atoms with Gasteiger partial charge in [0.15, 0.2) is 5.13 Å². The Morgan fingerprint density at radius 1 is 1.31 bits per heavy atom. The van der Waals surface area contributed by atoms with Crippen LogP contribution < -0.4 is 15.4 Å². The molecule has 1 aromatic heterocycles. The molecule has 0 spiro atoms. The summed E-state index contributed by atoms with van der Waals surface area (Å²) in [7, 11) is 1.67. The molecular formula is C22H33ClN4OS. The molecule has 0 saturated heterocycles. The molecule has 2 aromatic rings. The maximum Gasteiger partial charge on any atom is 0.189 e. The van der Waals surface area contributed by atoms with Crippen LogP contribution in [0.3, 0.4) is 0 Å². The van der Waals surface area contributed by atoms with Gasteiger partial charge in [0.1, 0.15) is 16.7 Å². The summed E-state index contributed by atoms with van der Waals surface area (Å²) >= 11 is 7.88. The highest BCUT2D eigenvalue weighted by molar-refractivity contribution is 7.22. The smallest absolute Gasteiger partial charge is 0.189 e. The summed E-state index contributed by atoms with van der Waals surface area (Å²) in [5, 5.41) is 8.36. The number of fused-ring (bicyclic) bond motifs is 1. The van der Waals surface area contributed by atoms with Crippen molar-refractivity contribution in [3.8, 4) is 5.75 Å². The van der Waals surface area contributed by atoms with Gasteiger partial charge >= 0.3 is 0 Å². The van der Waals surface area contributed by atoms with Crippen molar-refractivity contribution in [2.24, 2.45) is 16.3 Å². The predicted molar refractivity (Wildman–Crippen MR) is 128 cm³/mol. The average molecular weight is 437 g/mol. The van der Waals surface area contributed by atoms with E-state index >= 15 is 0 Å². The zero-order chi connectivity index (χ0) is 21.6. The van der Waals surface area contributed by atoms with E-state index in [9.17, 15) is 0 Å². The Balaban J connectivity index is 0.00000145. The molecule has 0 aliphatic carbocycles. The molecule has 7 heteroatoms. The highest BCUT2D eigenvalue weighted by Crippen LogP contribution is 2.31. The Morgan fingerprint density at radius 3 is 2.69 bits per heavy atom. The van der Waals surface area contributed by atoms with Gasteiger partial charge in [0.25, 0.3) is 0 Å². The van der Waals surface area contributed by atoms with Crippen molar-refractivity contribution < 1.29 is 4.74 Å². The van der Waals surface area contributed by atoms with E-state index in [0.29, 0.717) is 17.1 Å². The third-order valence-electron chi connectivity index (χ3n) is 4.88. The SMILES string of the molecule is CC.COc1ccc2nc(NC3=CC(CN[C@@H](C)C(C)(C)C)CC(Cl)=N3)sc2c1. The second-order valence-electron chi connectivity index (χ2n) is 7.98. The van der Waals surface area contributed by atoms with Gasteiger partial charge in [-0.2, -0.15) is 0 Å². The van der Waals surface area contributed by atoms with Gasteiger partial charge < -0.3 is 15.4 Å². The summed E-state index contributed by atoms with van der Waals surface area (Å²) in [5.41, 5.74) is 1.16. The van der Waals surface area contributed by atoms with Crippen molar-refractivity contribution >= 4 is 43.5 Å². The normalized spacial score (nSPS) is 17.7. The van der Waals surface area contributed by atoms with Crippen LogP contribution in [0.2, 0.25) is 0 Å². The molecule has 5 nitrogen and oxygen atoms in total. The number of methoxy groups -OCH3 is 1. The quantitative estimate of drug-likeness (QED) is 0.560. The van der Waals surface area contributed by atoms with Gasteiger partial charge in [-0.3, -0.25) is 0 Å². The first kappa shape index (κ1) is 23.6. The molecule has 0 saturated carbocycles. The van der Waals surface area contributed by atoms with Crippen molar-refractivity contribution in [3.05, 3.63) is 30.1 Å². The Labute approximate surface area is 183 Å². The van der Waals surface area contributed by atoms with Gasteiger partial charge in [0.05, 0.1) is 17.3 Å². The molecule has 1 aromatic carbocycles. The zero-order valence-corrected chi connectivity index (χ0v) is 20.0. The van der Waals surface area contributed by atoms with E-state index in [1.807, 2.05) is 32.0 Å². The van der Waals surface area contributed by atoms with E-state index in [4.69, 9.17) is 16.3 Å². The first-order valence-electron chi connectivity index (χ1n) is 10.1. The largest absolute Gasteiger partial charge is 0.497 e. The number of hydrogen-bond donors (Lipinski definition) is 2. The molecular weight excluding hydrogens is 404 g/mol. The maximum atomic E-state index is 6.30. The molecule has 2 heterocycles. The van der Waals surface area contributed by atoms with Crippen LogP contribution in [-0.4, -0.2) is 29.9 Å². The van der Waals surface area contributed by atoms with Crippen molar-refractivity contribution in [2.45, 2.75) is 54.0 Å². The second-order valence-corrected chi connectivity index (χ2v) is 9.44. The van der Waals surface area contributed by atoms with Crippen LogP contribution in [0.5, 0.6) is 5.75 Å². The minimum Gasteiger partial charge on any atom is -0.497 e. The summed E-state index contributed by atoms with van der Waals surface area (Å²) in [6.07, 6.45) is 2.90. The summed E-state index contributed by atoms with van der Waals surface area (Å²) in [5.74, 6) is 1.89. The molecule has 29 heavy (non-hydrogen) atoms. The number of nitrogens with zero attached hydrogens (tertiary/aromatic N) is 2. The molecule has 0 amide bonds. The number of benzene rings is 1. The number of rotatable bonds is 6. The minimum atomic E-state index is 0.222. The molecule has 2 atom stereocenters. The topological polar surface area (TPSA) is 58.5 Å². The lowest BCUT2D eigenvalue weighted by atomic mass is 9.87. The van der Waals surface area contributed by atoms with Crippen molar-refractivity contribution in [1.82, 2.24) is 10.3 Å². The van der Waals surface area contributed by atoms with E-state index in [2.05, 4.69) is 54.4 Å². The molecule has 2 N–H and O–H groups in total. The molecule has 3 rings (SSSR count). The number of aromatic nitrogens is 1. The fourth-order valence-electron chi connectivity index (χ4n) is 2.74. The average Bonchev–Trinajstić information content (AvgIpc) is 3.07. The zero-order valence-electron chi connectivity index (χ0n) is 18.5. The van der Waals surface area contributed by atoms with Gasteiger partial charge in [-0.15, -0.1) is 0 Å².